The van der Waals surface area contributed by atoms with Gasteiger partial charge in [-0.25, -0.2) is 4.68 Å². The summed E-state index contributed by atoms with van der Waals surface area (Å²) < 4.78 is 12.6. The first-order valence-corrected chi connectivity index (χ1v) is 10.5. The van der Waals surface area contributed by atoms with E-state index in [-0.39, 0.29) is 17.3 Å². The summed E-state index contributed by atoms with van der Waals surface area (Å²) in [7, 11) is 0. The SMILES string of the molecule is CC(C)c1ccc(OCc2nnc(SC(C)c3nc(C(C)(C)C)no3)n2N)cc1. The second kappa shape index (κ2) is 8.44. The van der Waals surface area contributed by atoms with Gasteiger partial charge >= 0.3 is 0 Å². The number of ether oxygens (including phenoxy) is 1. The largest absolute Gasteiger partial charge is 0.486 e. The quantitative estimate of drug-likeness (QED) is 0.451. The third kappa shape index (κ3) is 5.09. The van der Waals surface area contributed by atoms with E-state index in [1.807, 2.05) is 39.8 Å². The normalized spacial score (nSPS) is 13.1. The van der Waals surface area contributed by atoms with Crippen molar-refractivity contribution in [3.05, 3.63) is 47.4 Å². The Morgan fingerprint density at radius 3 is 2.41 bits per heavy atom. The molecule has 8 nitrogen and oxygen atoms in total. The molecule has 3 aromatic rings. The van der Waals surface area contributed by atoms with E-state index in [1.54, 1.807) is 0 Å². The molecule has 0 aliphatic carbocycles. The molecule has 1 atom stereocenters. The van der Waals surface area contributed by atoms with Crippen LogP contribution in [0.4, 0.5) is 0 Å². The second-order valence-electron chi connectivity index (χ2n) is 8.25. The van der Waals surface area contributed by atoms with Crippen LogP contribution in [0.1, 0.15) is 75.8 Å². The van der Waals surface area contributed by atoms with Gasteiger partial charge in [-0.05, 0) is 30.5 Å². The first-order valence-electron chi connectivity index (χ1n) is 9.58. The number of rotatable bonds is 7. The molecular formula is C20H28N6O2S. The van der Waals surface area contributed by atoms with Gasteiger partial charge in [-0.15, -0.1) is 10.2 Å². The number of nitrogen functional groups attached to an aromatic ring is 1. The Morgan fingerprint density at radius 1 is 1.14 bits per heavy atom. The van der Waals surface area contributed by atoms with Crippen molar-refractivity contribution in [3.63, 3.8) is 0 Å². The van der Waals surface area contributed by atoms with Crippen LogP contribution in [-0.4, -0.2) is 25.0 Å². The van der Waals surface area contributed by atoms with Crippen LogP contribution in [0.5, 0.6) is 5.75 Å². The lowest BCUT2D eigenvalue weighted by Gasteiger charge is -2.11. The average Bonchev–Trinajstić information content (AvgIpc) is 3.29. The van der Waals surface area contributed by atoms with E-state index in [4.69, 9.17) is 15.1 Å². The summed E-state index contributed by atoms with van der Waals surface area (Å²) in [4.78, 5) is 4.49. The molecular weight excluding hydrogens is 388 g/mol. The molecule has 0 radical (unpaired) electrons. The summed E-state index contributed by atoms with van der Waals surface area (Å²) in [6.07, 6.45) is 0. The second-order valence-corrected chi connectivity index (χ2v) is 9.56. The van der Waals surface area contributed by atoms with Gasteiger partial charge in [-0.2, -0.15) is 4.98 Å². The van der Waals surface area contributed by atoms with E-state index < -0.39 is 0 Å². The molecule has 1 aromatic carbocycles. The Hall–Kier alpha value is -2.55. The fourth-order valence-corrected chi connectivity index (χ4v) is 3.32. The Kier molecular flexibility index (Phi) is 6.16. The van der Waals surface area contributed by atoms with E-state index in [9.17, 15) is 0 Å². The predicted octanol–water partition coefficient (Wildman–Crippen LogP) is 4.23. The third-order valence-corrected chi connectivity index (χ3v) is 5.44. The standard InChI is InChI=1S/C20H28N6O2S/c1-12(2)14-7-9-15(10-8-14)27-11-16-23-24-19(26(16)21)29-13(3)17-22-18(25-28-17)20(4,5)6/h7-10,12-13H,11,21H2,1-6H3. The molecule has 0 bridgehead atoms. The molecule has 0 aliphatic rings. The minimum Gasteiger partial charge on any atom is -0.486 e. The van der Waals surface area contributed by atoms with Crippen molar-refractivity contribution in [2.75, 3.05) is 5.84 Å². The predicted molar refractivity (Wildman–Crippen MR) is 112 cm³/mol. The van der Waals surface area contributed by atoms with Gasteiger partial charge in [0.25, 0.3) is 0 Å². The number of thioether (sulfide) groups is 1. The lowest BCUT2D eigenvalue weighted by molar-refractivity contribution is 0.291. The molecule has 156 valence electrons. The highest BCUT2D eigenvalue weighted by Crippen LogP contribution is 2.33. The van der Waals surface area contributed by atoms with Crippen LogP contribution in [-0.2, 0) is 12.0 Å². The van der Waals surface area contributed by atoms with Gasteiger partial charge in [0.05, 0.1) is 5.25 Å². The van der Waals surface area contributed by atoms with E-state index in [0.29, 0.717) is 28.6 Å². The number of nitrogens with zero attached hydrogens (tertiary/aromatic N) is 5. The number of benzene rings is 1. The van der Waals surface area contributed by atoms with Gasteiger partial charge in [-0.3, -0.25) is 0 Å². The van der Waals surface area contributed by atoms with Crippen LogP contribution < -0.4 is 10.6 Å². The van der Waals surface area contributed by atoms with Crippen LogP contribution in [0.3, 0.4) is 0 Å². The zero-order valence-corrected chi connectivity index (χ0v) is 18.5. The highest BCUT2D eigenvalue weighted by Gasteiger charge is 2.25. The van der Waals surface area contributed by atoms with Crippen molar-refractivity contribution >= 4 is 11.8 Å². The number of nitrogens with two attached hydrogens (primary N) is 1. The van der Waals surface area contributed by atoms with Crippen molar-refractivity contribution in [2.45, 2.75) is 69.9 Å². The van der Waals surface area contributed by atoms with Gasteiger partial charge in [0.2, 0.25) is 11.0 Å². The Morgan fingerprint density at radius 2 is 1.83 bits per heavy atom. The monoisotopic (exact) mass is 416 g/mol. The molecule has 0 aliphatic heterocycles. The smallest absolute Gasteiger partial charge is 0.239 e. The number of hydrogen-bond acceptors (Lipinski definition) is 8. The maximum absolute atomic E-state index is 6.16. The molecule has 2 heterocycles. The Balaban J connectivity index is 1.62. The zero-order chi connectivity index (χ0) is 21.2. The first-order chi connectivity index (χ1) is 13.6. The average molecular weight is 417 g/mol. The summed E-state index contributed by atoms with van der Waals surface area (Å²) in [6.45, 7) is 12.6. The molecule has 0 amide bonds. The van der Waals surface area contributed by atoms with Gasteiger partial charge < -0.3 is 15.1 Å². The van der Waals surface area contributed by atoms with E-state index in [1.165, 1.54) is 22.0 Å². The molecule has 29 heavy (non-hydrogen) atoms. The van der Waals surface area contributed by atoms with E-state index in [0.717, 1.165) is 5.75 Å². The highest BCUT2D eigenvalue weighted by molar-refractivity contribution is 7.99. The topological polar surface area (TPSA) is 105 Å². The molecule has 2 N–H and O–H groups in total. The maximum atomic E-state index is 6.16. The Labute approximate surface area is 175 Å². The molecule has 0 spiro atoms. The highest BCUT2D eigenvalue weighted by atomic mass is 32.2. The summed E-state index contributed by atoms with van der Waals surface area (Å²) >= 11 is 1.41. The zero-order valence-electron chi connectivity index (χ0n) is 17.7. The molecule has 1 unspecified atom stereocenters. The molecule has 0 saturated carbocycles. The molecule has 3 rings (SSSR count). The van der Waals surface area contributed by atoms with Gasteiger partial charge in [-0.1, -0.05) is 63.7 Å². The summed E-state index contributed by atoms with van der Waals surface area (Å²) in [6, 6.07) is 8.03. The fraction of sp³-hybridized carbons (Fsp3) is 0.500. The summed E-state index contributed by atoms with van der Waals surface area (Å²) in [5, 5.41) is 12.8. The van der Waals surface area contributed by atoms with Gasteiger partial charge in [0.1, 0.15) is 12.4 Å². The van der Waals surface area contributed by atoms with Gasteiger partial charge in [0, 0.05) is 5.41 Å². The number of hydrogen-bond donors (Lipinski definition) is 1. The van der Waals surface area contributed by atoms with Crippen molar-refractivity contribution < 1.29 is 9.26 Å². The minimum absolute atomic E-state index is 0.109. The fourth-order valence-electron chi connectivity index (χ4n) is 2.50. The third-order valence-electron chi connectivity index (χ3n) is 4.39. The lowest BCUT2D eigenvalue weighted by atomic mass is 9.96. The van der Waals surface area contributed by atoms with E-state index >= 15 is 0 Å². The summed E-state index contributed by atoms with van der Waals surface area (Å²) in [5.74, 6) is 9.15. The molecule has 0 saturated heterocycles. The molecule has 2 aromatic heterocycles. The number of aromatic nitrogens is 5. The molecule has 9 heteroatoms. The van der Waals surface area contributed by atoms with Crippen molar-refractivity contribution in [1.82, 2.24) is 25.0 Å². The maximum Gasteiger partial charge on any atom is 0.239 e. The summed E-state index contributed by atoms with van der Waals surface area (Å²) in [5.41, 5.74) is 1.10. The van der Waals surface area contributed by atoms with Crippen LogP contribution in [0.15, 0.2) is 33.9 Å². The van der Waals surface area contributed by atoms with E-state index in [2.05, 4.69) is 46.3 Å². The van der Waals surface area contributed by atoms with Crippen molar-refractivity contribution in [2.24, 2.45) is 0 Å². The molecule has 0 fully saturated rings. The first kappa shape index (κ1) is 21.2. The minimum atomic E-state index is -0.169. The Bertz CT molecular complexity index is 943. The van der Waals surface area contributed by atoms with Gasteiger partial charge in [0.15, 0.2) is 11.6 Å². The van der Waals surface area contributed by atoms with Crippen LogP contribution in [0.2, 0.25) is 0 Å². The van der Waals surface area contributed by atoms with Crippen LogP contribution in [0, 0.1) is 0 Å². The lowest BCUT2D eigenvalue weighted by Crippen LogP contribution is -2.16. The van der Waals surface area contributed by atoms with Crippen LogP contribution in [0.25, 0.3) is 0 Å². The van der Waals surface area contributed by atoms with Crippen molar-refractivity contribution in [3.8, 4) is 5.75 Å². The van der Waals surface area contributed by atoms with Crippen molar-refractivity contribution in [1.29, 1.82) is 0 Å². The van der Waals surface area contributed by atoms with Crippen LogP contribution >= 0.6 is 11.8 Å².